The minimum Gasteiger partial charge on any atom is -0.454 e. The Balaban J connectivity index is 1.95. The molecule has 22 heavy (non-hydrogen) atoms. The molecule has 1 aromatic rings. The molecule has 1 atom stereocenters. The van der Waals surface area contributed by atoms with Crippen molar-refractivity contribution in [2.75, 3.05) is 6.79 Å². The normalized spacial score (nSPS) is 14.0. The van der Waals surface area contributed by atoms with Crippen molar-refractivity contribution in [3.63, 3.8) is 0 Å². The van der Waals surface area contributed by atoms with Gasteiger partial charge in [-0.05, 0) is 41.4 Å². The van der Waals surface area contributed by atoms with E-state index in [4.69, 9.17) is 9.47 Å². The van der Waals surface area contributed by atoms with E-state index in [-0.39, 0.29) is 12.8 Å². The van der Waals surface area contributed by atoms with Gasteiger partial charge in [-0.15, -0.1) is 0 Å². The number of fused-ring (bicyclic) bond motifs is 1. The molecule has 2 rings (SSSR count). The SMILES string of the molecule is CC[C@@H](C)NC(=O)C(=O)N/N=C\c1cc2c(cc1Br)OCO2. The number of carbonyl (C=O) groups excluding carboxylic acids is 2. The number of amides is 2. The molecule has 2 N–H and O–H groups in total. The maximum absolute atomic E-state index is 11.6. The van der Waals surface area contributed by atoms with E-state index in [1.54, 1.807) is 12.1 Å². The fourth-order valence-corrected chi connectivity index (χ4v) is 2.06. The van der Waals surface area contributed by atoms with Crippen molar-refractivity contribution in [3.8, 4) is 11.5 Å². The summed E-state index contributed by atoms with van der Waals surface area (Å²) in [5, 5.41) is 6.32. The lowest BCUT2D eigenvalue weighted by Crippen LogP contribution is -2.41. The van der Waals surface area contributed by atoms with Crippen molar-refractivity contribution >= 4 is 34.0 Å². The highest BCUT2D eigenvalue weighted by molar-refractivity contribution is 9.10. The van der Waals surface area contributed by atoms with Crippen molar-refractivity contribution in [2.24, 2.45) is 5.10 Å². The molecule has 2 amide bonds. The number of hydrazone groups is 1. The van der Waals surface area contributed by atoms with Gasteiger partial charge in [0.2, 0.25) is 6.79 Å². The Morgan fingerprint density at radius 3 is 2.73 bits per heavy atom. The maximum Gasteiger partial charge on any atom is 0.329 e. The average molecular weight is 370 g/mol. The Morgan fingerprint density at radius 2 is 2.05 bits per heavy atom. The zero-order valence-corrected chi connectivity index (χ0v) is 13.8. The fourth-order valence-electron chi connectivity index (χ4n) is 1.63. The van der Waals surface area contributed by atoms with E-state index in [2.05, 4.69) is 31.8 Å². The van der Waals surface area contributed by atoms with Crippen LogP contribution in [0.4, 0.5) is 0 Å². The quantitative estimate of drug-likeness (QED) is 0.478. The minimum absolute atomic E-state index is 0.0646. The summed E-state index contributed by atoms with van der Waals surface area (Å²) in [7, 11) is 0. The Morgan fingerprint density at radius 1 is 1.36 bits per heavy atom. The summed E-state index contributed by atoms with van der Waals surface area (Å²) in [4.78, 5) is 23.1. The Labute approximate surface area is 136 Å². The van der Waals surface area contributed by atoms with Gasteiger partial charge >= 0.3 is 11.8 Å². The molecular weight excluding hydrogens is 354 g/mol. The van der Waals surface area contributed by atoms with E-state index in [0.29, 0.717) is 17.1 Å². The van der Waals surface area contributed by atoms with Gasteiger partial charge < -0.3 is 14.8 Å². The van der Waals surface area contributed by atoms with Crippen LogP contribution in [0, 0.1) is 0 Å². The third kappa shape index (κ3) is 3.97. The number of nitrogens with one attached hydrogen (secondary N) is 2. The molecule has 0 bridgehead atoms. The third-order valence-electron chi connectivity index (χ3n) is 3.06. The van der Waals surface area contributed by atoms with Gasteiger partial charge in [0, 0.05) is 16.1 Å². The second-order valence-corrected chi connectivity index (χ2v) is 5.56. The van der Waals surface area contributed by atoms with Crippen LogP contribution in [0.1, 0.15) is 25.8 Å². The van der Waals surface area contributed by atoms with Crippen molar-refractivity contribution in [2.45, 2.75) is 26.3 Å². The predicted octanol–water partition coefficient (Wildman–Crippen LogP) is 1.54. The van der Waals surface area contributed by atoms with Crippen LogP contribution in [-0.2, 0) is 9.59 Å². The monoisotopic (exact) mass is 369 g/mol. The number of rotatable bonds is 4. The number of nitrogens with zero attached hydrogens (tertiary/aromatic N) is 1. The molecule has 0 spiro atoms. The summed E-state index contributed by atoms with van der Waals surface area (Å²) in [6.45, 7) is 3.91. The van der Waals surface area contributed by atoms with Crippen molar-refractivity contribution < 1.29 is 19.1 Å². The minimum atomic E-state index is -0.812. The second kappa shape index (κ2) is 7.26. The van der Waals surface area contributed by atoms with E-state index in [0.717, 1.165) is 10.9 Å². The van der Waals surface area contributed by atoms with Gasteiger partial charge in [0.05, 0.1) is 6.21 Å². The number of carbonyl (C=O) groups is 2. The topological polar surface area (TPSA) is 89.0 Å². The van der Waals surface area contributed by atoms with Crippen molar-refractivity contribution in [1.29, 1.82) is 0 Å². The lowest BCUT2D eigenvalue weighted by Gasteiger charge is -2.09. The van der Waals surface area contributed by atoms with Crippen LogP contribution < -0.4 is 20.2 Å². The molecule has 0 fully saturated rings. The van der Waals surface area contributed by atoms with Gasteiger partial charge in [-0.25, -0.2) is 5.43 Å². The summed E-state index contributed by atoms with van der Waals surface area (Å²) in [5.41, 5.74) is 2.87. The molecule has 0 unspecified atom stereocenters. The first-order valence-electron chi connectivity index (χ1n) is 6.74. The second-order valence-electron chi connectivity index (χ2n) is 4.71. The summed E-state index contributed by atoms with van der Waals surface area (Å²) < 4.78 is 11.2. The Hall–Kier alpha value is -2.09. The third-order valence-corrected chi connectivity index (χ3v) is 3.74. The van der Waals surface area contributed by atoms with E-state index in [1.165, 1.54) is 6.21 Å². The molecule has 8 heteroatoms. The van der Waals surface area contributed by atoms with Crippen LogP contribution in [0.15, 0.2) is 21.7 Å². The molecule has 1 aromatic carbocycles. The smallest absolute Gasteiger partial charge is 0.329 e. The van der Waals surface area contributed by atoms with Crippen LogP contribution in [0.2, 0.25) is 0 Å². The zero-order chi connectivity index (χ0) is 16.1. The summed E-state index contributed by atoms with van der Waals surface area (Å²) in [6.07, 6.45) is 2.16. The van der Waals surface area contributed by atoms with Gasteiger partial charge in [-0.3, -0.25) is 9.59 Å². The van der Waals surface area contributed by atoms with E-state index >= 15 is 0 Å². The summed E-state index contributed by atoms with van der Waals surface area (Å²) in [5.74, 6) is -0.281. The zero-order valence-electron chi connectivity index (χ0n) is 12.2. The highest BCUT2D eigenvalue weighted by Crippen LogP contribution is 2.36. The molecule has 118 valence electrons. The van der Waals surface area contributed by atoms with Crippen molar-refractivity contribution in [3.05, 3.63) is 22.2 Å². The van der Waals surface area contributed by atoms with E-state index < -0.39 is 11.8 Å². The van der Waals surface area contributed by atoms with Gasteiger partial charge in [-0.1, -0.05) is 6.92 Å². The van der Waals surface area contributed by atoms with Crippen LogP contribution in [0.5, 0.6) is 11.5 Å². The largest absolute Gasteiger partial charge is 0.454 e. The lowest BCUT2D eigenvalue weighted by atomic mass is 10.2. The van der Waals surface area contributed by atoms with Crippen LogP contribution in [0.3, 0.4) is 0 Å². The first-order chi connectivity index (χ1) is 10.5. The van der Waals surface area contributed by atoms with Gasteiger partial charge in [0.25, 0.3) is 0 Å². The number of ether oxygens (including phenoxy) is 2. The molecule has 1 aliphatic rings. The molecule has 0 saturated carbocycles. The number of halogens is 1. The molecule has 1 aliphatic heterocycles. The van der Waals surface area contributed by atoms with Crippen molar-refractivity contribution in [1.82, 2.24) is 10.7 Å². The highest BCUT2D eigenvalue weighted by Gasteiger charge is 2.16. The predicted molar refractivity (Wildman–Crippen MR) is 83.9 cm³/mol. The molecule has 0 aromatic heterocycles. The molecule has 1 heterocycles. The highest BCUT2D eigenvalue weighted by atomic mass is 79.9. The molecular formula is C14H16BrN3O4. The summed E-state index contributed by atoms with van der Waals surface area (Å²) >= 11 is 3.37. The van der Waals surface area contributed by atoms with Crippen LogP contribution in [-0.4, -0.2) is 30.9 Å². The standard InChI is InChI=1S/C14H16BrN3O4/c1-3-8(2)17-13(19)14(20)18-16-6-9-4-11-12(5-10(9)15)22-7-21-11/h4-6,8H,3,7H2,1-2H3,(H,17,19)(H,18,20)/b16-6-/t8-/m1/s1. The number of benzene rings is 1. The van der Waals surface area contributed by atoms with Gasteiger partial charge in [-0.2, -0.15) is 5.10 Å². The first kappa shape index (κ1) is 16.3. The molecule has 7 nitrogen and oxygen atoms in total. The van der Waals surface area contributed by atoms with Gasteiger partial charge in [0.15, 0.2) is 11.5 Å². The Bertz CT molecular complexity index is 618. The van der Waals surface area contributed by atoms with E-state index in [9.17, 15) is 9.59 Å². The number of hydrogen-bond acceptors (Lipinski definition) is 5. The van der Waals surface area contributed by atoms with E-state index in [1.807, 2.05) is 13.8 Å². The molecule has 0 radical (unpaired) electrons. The van der Waals surface area contributed by atoms with Crippen LogP contribution in [0.25, 0.3) is 0 Å². The molecule has 0 aliphatic carbocycles. The first-order valence-corrected chi connectivity index (χ1v) is 7.53. The summed E-state index contributed by atoms with van der Waals surface area (Å²) in [6, 6.07) is 3.41. The average Bonchev–Trinajstić information content (AvgIpc) is 2.93. The maximum atomic E-state index is 11.6. The fraction of sp³-hybridized carbons (Fsp3) is 0.357. The Kier molecular flexibility index (Phi) is 5.37. The van der Waals surface area contributed by atoms with Gasteiger partial charge in [0.1, 0.15) is 0 Å². The van der Waals surface area contributed by atoms with Crippen LogP contribution >= 0.6 is 15.9 Å². The number of hydrogen-bond donors (Lipinski definition) is 2. The lowest BCUT2D eigenvalue weighted by molar-refractivity contribution is -0.139. The molecule has 0 saturated heterocycles.